The number of rotatable bonds is 8. The monoisotopic (exact) mass is 443 g/mol. The summed E-state index contributed by atoms with van der Waals surface area (Å²) in [5.74, 6) is 2.06. The molecule has 1 aromatic heterocycles. The van der Waals surface area contributed by atoms with Crippen molar-refractivity contribution in [2.75, 3.05) is 13.7 Å². The molecule has 0 aliphatic heterocycles. The van der Waals surface area contributed by atoms with Gasteiger partial charge in [-0.3, -0.25) is 4.79 Å². The molecule has 0 N–H and O–H groups in total. The molecule has 4 rings (SSSR count). The van der Waals surface area contributed by atoms with E-state index in [1.54, 1.807) is 25.4 Å². The van der Waals surface area contributed by atoms with Crippen molar-refractivity contribution >= 4 is 29.1 Å². The van der Waals surface area contributed by atoms with Crippen LogP contribution in [0.1, 0.15) is 34.6 Å². The fourth-order valence-electron chi connectivity index (χ4n) is 3.41. The molecule has 30 heavy (non-hydrogen) atoms. The van der Waals surface area contributed by atoms with E-state index in [4.69, 9.17) is 27.9 Å². The second-order valence-corrected chi connectivity index (χ2v) is 8.40. The van der Waals surface area contributed by atoms with Gasteiger partial charge in [-0.2, -0.15) is 0 Å². The molecule has 3 aromatic rings. The Kier molecular flexibility index (Phi) is 6.30. The number of ether oxygens (including phenoxy) is 1. The van der Waals surface area contributed by atoms with E-state index in [0.717, 1.165) is 17.9 Å². The van der Waals surface area contributed by atoms with Gasteiger partial charge in [0.05, 0.1) is 23.7 Å². The number of nitrogens with zero attached hydrogens (tertiary/aromatic N) is 3. The van der Waals surface area contributed by atoms with Crippen LogP contribution in [0.15, 0.2) is 54.9 Å². The zero-order valence-electron chi connectivity index (χ0n) is 16.7. The van der Waals surface area contributed by atoms with Crippen molar-refractivity contribution in [3.8, 4) is 5.75 Å². The number of methoxy groups -OCH3 is 1. The zero-order valence-corrected chi connectivity index (χ0v) is 18.2. The number of hydrogen-bond donors (Lipinski definition) is 0. The van der Waals surface area contributed by atoms with E-state index in [2.05, 4.69) is 4.98 Å². The first-order valence-corrected chi connectivity index (χ1v) is 10.7. The molecule has 5 nitrogen and oxygen atoms in total. The van der Waals surface area contributed by atoms with Gasteiger partial charge in [-0.1, -0.05) is 35.3 Å². The van der Waals surface area contributed by atoms with Crippen molar-refractivity contribution in [3.63, 3.8) is 0 Å². The molecule has 7 heteroatoms. The number of carbonyl (C=O) groups is 1. The highest BCUT2D eigenvalue weighted by molar-refractivity contribution is 6.42. The summed E-state index contributed by atoms with van der Waals surface area (Å²) in [7, 11) is 1.60. The van der Waals surface area contributed by atoms with Crippen LogP contribution in [0.2, 0.25) is 10.0 Å². The van der Waals surface area contributed by atoms with Crippen molar-refractivity contribution in [1.29, 1.82) is 0 Å². The van der Waals surface area contributed by atoms with Crippen molar-refractivity contribution in [3.05, 3.63) is 81.9 Å². The topological polar surface area (TPSA) is 47.4 Å². The fraction of sp³-hybridized carbons (Fsp3) is 0.304. The van der Waals surface area contributed by atoms with Gasteiger partial charge in [0.2, 0.25) is 0 Å². The predicted octanol–water partition coefficient (Wildman–Crippen LogP) is 5.30. The van der Waals surface area contributed by atoms with Crippen LogP contribution in [-0.4, -0.2) is 34.0 Å². The third kappa shape index (κ3) is 4.97. The van der Waals surface area contributed by atoms with Crippen LogP contribution >= 0.6 is 23.2 Å². The second-order valence-electron chi connectivity index (χ2n) is 7.58. The Bertz CT molecular complexity index is 1050. The van der Waals surface area contributed by atoms with Gasteiger partial charge in [-0.05, 0) is 54.7 Å². The summed E-state index contributed by atoms with van der Waals surface area (Å²) in [4.78, 5) is 19.7. The normalized spacial score (nSPS) is 13.3. The predicted molar refractivity (Wildman–Crippen MR) is 118 cm³/mol. The smallest absolute Gasteiger partial charge is 0.254 e. The summed E-state index contributed by atoms with van der Waals surface area (Å²) in [6.45, 7) is 1.79. The molecule has 1 fully saturated rings. The van der Waals surface area contributed by atoms with Crippen LogP contribution in [0.3, 0.4) is 0 Å². The lowest BCUT2D eigenvalue weighted by Gasteiger charge is -2.23. The Morgan fingerprint density at radius 1 is 1.20 bits per heavy atom. The summed E-state index contributed by atoms with van der Waals surface area (Å²) in [6, 6.07) is 12.9. The van der Waals surface area contributed by atoms with E-state index in [9.17, 15) is 4.79 Å². The number of carbonyl (C=O) groups excluding carboxylic acids is 1. The molecule has 0 radical (unpaired) electrons. The first-order chi connectivity index (χ1) is 14.5. The third-order valence-corrected chi connectivity index (χ3v) is 5.99. The largest absolute Gasteiger partial charge is 0.497 e. The molecular weight excluding hydrogens is 421 g/mol. The molecule has 1 aliphatic rings. The Morgan fingerprint density at radius 2 is 2.03 bits per heavy atom. The van der Waals surface area contributed by atoms with Crippen molar-refractivity contribution in [2.24, 2.45) is 5.92 Å². The molecule has 0 bridgehead atoms. The fourth-order valence-corrected chi connectivity index (χ4v) is 3.73. The summed E-state index contributed by atoms with van der Waals surface area (Å²) in [6.07, 6.45) is 6.01. The van der Waals surface area contributed by atoms with Crippen LogP contribution in [-0.2, 0) is 13.1 Å². The molecule has 1 amide bonds. The summed E-state index contributed by atoms with van der Waals surface area (Å²) in [5, 5.41) is 1.06. The molecule has 2 aromatic carbocycles. The lowest BCUT2D eigenvalue weighted by molar-refractivity contribution is 0.0728. The van der Waals surface area contributed by atoms with E-state index in [1.807, 2.05) is 46.0 Å². The Balaban J connectivity index is 1.54. The van der Waals surface area contributed by atoms with E-state index in [0.29, 0.717) is 40.4 Å². The van der Waals surface area contributed by atoms with Gasteiger partial charge in [-0.15, -0.1) is 0 Å². The Labute approximate surface area is 186 Å². The minimum Gasteiger partial charge on any atom is -0.497 e. The summed E-state index contributed by atoms with van der Waals surface area (Å²) < 4.78 is 7.32. The summed E-state index contributed by atoms with van der Waals surface area (Å²) >= 11 is 12.2. The number of hydrogen-bond acceptors (Lipinski definition) is 3. The number of benzene rings is 2. The van der Waals surface area contributed by atoms with Crippen LogP contribution in [0.5, 0.6) is 5.75 Å². The molecule has 0 unspecified atom stereocenters. The highest BCUT2D eigenvalue weighted by atomic mass is 35.5. The minimum absolute atomic E-state index is 0.00936. The van der Waals surface area contributed by atoms with Crippen LogP contribution < -0.4 is 4.74 Å². The van der Waals surface area contributed by atoms with Gasteiger partial charge >= 0.3 is 0 Å². The zero-order chi connectivity index (χ0) is 21.1. The lowest BCUT2D eigenvalue weighted by Crippen LogP contribution is -2.33. The molecule has 0 saturated heterocycles. The minimum atomic E-state index is -0.00936. The Hall–Kier alpha value is -2.50. The van der Waals surface area contributed by atoms with Gasteiger partial charge in [0.1, 0.15) is 11.6 Å². The number of amides is 1. The molecule has 156 valence electrons. The van der Waals surface area contributed by atoms with E-state index in [1.165, 1.54) is 12.8 Å². The molecule has 1 saturated carbocycles. The summed E-state index contributed by atoms with van der Waals surface area (Å²) in [5.41, 5.74) is 1.65. The quantitative estimate of drug-likeness (QED) is 0.474. The van der Waals surface area contributed by atoms with Gasteiger partial charge in [0.15, 0.2) is 0 Å². The highest BCUT2D eigenvalue weighted by Crippen LogP contribution is 2.31. The number of imidazole rings is 1. The Morgan fingerprint density at radius 3 is 2.77 bits per heavy atom. The van der Waals surface area contributed by atoms with Crippen molar-refractivity contribution < 1.29 is 9.53 Å². The highest BCUT2D eigenvalue weighted by Gasteiger charge is 2.28. The van der Waals surface area contributed by atoms with E-state index >= 15 is 0 Å². The first-order valence-electron chi connectivity index (χ1n) is 9.90. The maximum atomic E-state index is 13.3. The first kappa shape index (κ1) is 20.8. The standard InChI is InChI=1S/C23H23Cl2N3O2/c1-30-19-4-2-3-18(12-19)23(29)28(13-16-5-6-16)15-22-26-9-10-27(22)14-17-7-8-20(24)21(25)11-17/h2-4,7-12,16H,5-6,13-15H2,1H3. The maximum absolute atomic E-state index is 13.3. The third-order valence-electron chi connectivity index (χ3n) is 5.25. The molecule has 0 atom stereocenters. The van der Waals surface area contributed by atoms with Crippen LogP contribution in [0.25, 0.3) is 0 Å². The molecular formula is C23H23Cl2N3O2. The van der Waals surface area contributed by atoms with Crippen LogP contribution in [0.4, 0.5) is 0 Å². The molecule has 0 spiro atoms. The SMILES string of the molecule is COc1cccc(C(=O)N(Cc2nccn2Cc2ccc(Cl)c(Cl)c2)CC2CC2)c1. The molecule has 1 aliphatic carbocycles. The molecule has 1 heterocycles. The van der Waals surface area contributed by atoms with Crippen LogP contribution in [0, 0.1) is 5.92 Å². The maximum Gasteiger partial charge on any atom is 0.254 e. The second kappa shape index (κ2) is 9.11. The van der Waals surface area contributed by atoms with Gasteiger partial charge in [-0.25, -0.2) is 4.98 Å². The van der Waals surface area contributed by atoms with E-state index in [-0.39, 0.29) is 5.91 Å². The van der Waals surface area contributed by atoms with Gasteiger partial charge in [0.25, 0.3) is 5.91 Å². The van der Waals surface area contributed by atoms with Gasteiger partial charge < -0.3 is 14.2 Å². The van der Waals surface area contributed by atoms with E-state index < -0.39 is 0 Å². The average Bonchev–Trinajstić information content (AvgIpc) is 3.48. The number of aromatic nitrogens is 2. The van der Waals surface area contributed by atoms with Crippen molar-refractivity contribution in [2.45, 2.75) is 25.9 Å². The number of halogens is 2. The average molecular weight is 444 g/mol. The van der Waals surface area contributed by atoms with Gasteiger partial charge in [0, 0.05) is 31.0 Å². The van der Waals surface area contributed by atoms with Crippen molar-refractivity contribution in [1.82, 2.24) is 14.5 Å². The lowest BCUT2D eigenvalue weighted by atomic mass is 10.1.